The molecule has 0 aliphatic heterocycles. The van der Waals surface area contributed by atoms with Crippen molar-refractivity contribution in [1.29, 1.82) is 0 Å². The van der Waals surface area contributed by atoms with Crippen LogP contribution in [-0.4, -0.2) is 11.2 Å². The molecule has 5 heavy (non-hydrogen) atoms. The summed E-state index contributed by atoms with van der Waals surface area (Å²) in [4.78, 5) is 0. The summed E-state index contributed by atoms with van der Waals surface area (Å²) in [5.41, 5.74) is 0. The topological polar surface area (TPSA) is 20.2 Å². The molecule has 0 amide bonds. The summed E-state index contributed by atoms with van der Waals surface area (Å²) in [7, 11) is 0. The molecule has 0 aromatic carbocycles. The smallest absolute Gasteiger partial charge is 0.0759 e. The molecule has 0 aliphatic rings. The predicted octanol–water partition coefficient (Wildman–Crippen LogP) is 0.356. The van der Waals surface area contributed by atoms with Crippen molar-refractivity contribution >= 4 is 0 Å². The van der Waals surface area contributed by atoms with Gasteiger partial charge in [0, 0.05) is 0 Å². The maximum atomic E-state index is 8.19. The Labute approximate surface area is 31.9 Å². The van der Waals surface area contributed by atoms with Crippen molar-refractivity contribution in [2.45, 2.75) is 13.0 Å². The maximum absolute atomic E-state index is 8.19. The summed E-state index contributed by atoms with van der Waals surface area (Å²) >= 11 is 0. The van der Waals surface area contributed by atoms with Gasteiger partial charge in [0.25, 0.3) is 0 Å². The van der Waals surface area contributed by atoms with Gasteiger partial charge in [0.15, 0.2) is 0 Å². The van der Waals surface area contributed by atoms with Gasteiger partial charge in [0.2, 0.25) is 0 Å². The zero-order valence-electron chi connectivity index (χ0n) is 3.23. The molecule has 1 N–H and O–H groups in total. The highest BCUT2D eigenvalue weighted by Crippen LogP contribution is 1.71. The summed E-state index contributed by atoms with van der Waals surface area (Å²) in [6.07, 6.45) is 1.86. The van der Waals surface area contributed by atoms with Gasteiger partial charge in [-0.25, -0.2) is 0 Å². The molecule has 29 valence electrons. The zero-order valence-corrected chi connectivity index (χ0v) is 3.23. The van der Waals surface area contributed by atoms with Crippen LogP contribution in [0.1, 0.15) is 6.92 Å². The second kappa shape index (κ2) is 1.97. The fourth-order valence-electron chi connectivity index (χ4n) is 0. The van der Waals surface area contributed by atoms with Crippen LogP contribution in [0.5, 0.6) is 0 Å². The van der Waals surface area contributed by atoms with E-state index in [0.29, 0.717) is 0 Å². The molecule has 0 aromatic heterocycles. The van der Waals surface area contributed by atoms with Gasteiger partial charge in [-0.05, 0) is 13.0 Å². The Hall–Kier alpha value is -0.300. The van der Waals surface area contributed by atoms with Crippen LogP contribution >= 0.6 is 0 Å². The minimum absolute atomic E-state index is 0.477. The van der Waals surface area contributed by atoms with E-state index in [1.807, 2.05) is 0 Å². The van der Waals surface area contributed by atoms with E-state index < -0.39 is 6.10 Å². The maximum Gasteiger partial charge on any atom is 0.0759 e. The SMILES string of the molecule is C=[C]C(C)O. The molecule has 1 atom stereocenters. The first-order valence-corrected chi connectivity index (χ1v) is 1.48. The molecule has 0 heterocycles. The zero-order chi connectivity index (χ0) is 4.28. The van der Waals surface area contributed by atoms with Gasteiger partial charge < -0.3 is 5.11 Å². The summed E-state index contributed by atoms with van der Waals surface area (Å²) in [5.74, 6) is 0. The Morgan fingerprint density at radius 3 is 2.20 bits per heavy atom. The summed E-state index contributed by atoms with van der Waals surface area (Å²) in [6, 6.07) is 0. The number of hydrogen-bond donors (Lipinski definition) is 1. The summed E-state index contributed by atoms with van der Waals surface area (Å²) < 4.78 is 0. The highest BCUT2D eigenvalue weighted by atomic mass is 16.3. The number of aliphatic hydroxyl groups excluding tert-OH is 1. The highest BCUT2D eigenvalue weighted by molar-refractivity contribution is 4.60. The molecular weight excluding hydrogens is 64.0 g/mol. The van der Waals surface area contributed by atoms with E-state index in [9.17, 15) is 0 Å². The van der Waals surface area contributed by atoms with E-state index >= 15 is 0 Å². The first kappa shape index (κ1) is 4.70. The molecule has 0 spiro atoms. The molecule has 0 saturated heterocycles. The van der Waals surface area contributed by atoms with Crippen LogP contribution in [0.2, 0.25) is 0 Å². The fraction of sp³-hybridized carbons (Fsp3) is 0.500. The molecular formula is C4H7O. The average Bonchev–Trinajstić information content (AvgIpc) is 1.38. The third kappa shape index (κ3) is 3.70. The van der Waals surface area contributed by atoms with Crippen LogP contribution in [0.25, 0.3) is 0 Å². The third-order valence-corrected chi connectivity index (χ3v) is 0.295. The Kier molecular flexibility index (Phi) is 1.85. The van der Waals surface area contributed by atoms with Crippen molar-refractivity contribution in [1.82, 2.24) is 0 Å². The van der Waals surface area contributed by atoms with Crippen molar-refractivity contribution in [3.63, 3.8) is 0 Å². The van der Waals surface area contributed by atoms with Gasteiger partial charge >= 0.3 is 0 Å². The molecule has 0 aliphatic carbocycles. The lowest BCUT2D eigenvalue weighted by atomic mass is 10.4. The lowest BCUT2D eigenvalue weighted by Crippen LogP contribution is -1.89. The summed E-state index contributed by atoms with van der Waals surface area (Å²) in [5, 5.41) is 8.19. The molecule has 0 rings (SSSR count). The lowest BCUT2D eigenvalue weighted by molar-refractivity contribution is 0.237. The second-order valence-electron chi connectivity index (χ2n) is 0.880. The predicted molar refractivity (Wildman–Crippen MR) is 20.6 cm³/mol. The van der Waals surface area contributed by atoms with Crippen molar-refractivity contribution in [2.75, 3.05) is 0 Å². The van der Waals surface area contributed by atoms with Gasteiger partial charge in [-0.2, -0.15) is 0 Å². The van der Waals surface area contributed by atoms with Gasteiger partial charge in [0.05, 0.1) is 6.10 Å². The molecule has 1 unspecified atom stereocenters. The Morgan fingerprint density at radius 2 is 2.20 bits per heavy atom. The van der Waals surface area contributed by atoms with Crippen LogP contribution in [0.3, 0.4) is 0 Å². The monoisotopic (exact) mass is 71.0 g/mol. The first-order valence-electron chi connectivity index (χ1n) is 1.48. The Morgan fingerprint density at radius 1 is 2.00 bits per heavy atom. The van der Waals surface area contributed by atoms with Crippen molar-refractivity contribution in [3.8, 4) is 0 Å². The van der Waals surface area contributed by atoms with Crippen molar-refractivity contribution in [3.05, 3.63) is 12.7 Å². The van der Waals surface area contributed by atoms with E-state index in [-0.39, 0.29) is 0 Å². The van der Waals surface area contributed by atoms with Crippen LogP contribution < -0.4 is 0 Å². The molecule has 0 fully saturated rings. The summed E-state index contributed by atoms with van der Waals surface area (Å²) in [6.45, 7) is 4.79. The van der Waals surface area contributed by atoms with E-state index in [4.69, 9.17) is 5.11 Å². The van der Waals surface area contributed by atoms with Gasteiger partial charge in [-0.3, -0.25) is 0 Å². The molecule has 0 aromatic rings. The van der Waals surface area contributed by atoms with Gasteiger partial charge in [-0.1, -0.05) is 6.58 Å². The Balaban J connectivity index is 2.83. The molecule has 1 nitrogen and oxygen atoms in total. The molecule has 1 heteroatoms. The Bertz CT molecular complexity index is 30.6. The highest BCUT2D eigenvalue weighted by Gasteiger charge is 1.76. The molecule has 0 saturated carbocycles. The van der Waals surface area contributed by atoms with E-state index in [1.165, 1.54) is 0 Å². The fourth-order valence-corrected chi connectivity index (χ4v) is 0. The van der Waals surface area contributed by atoms with E-state index in [2.05, 4.69) is 12.7 Å². The molecule has 1 radical (unpaired) electrons. The number of rotatable bonds is 1. The van der Waals surface area contributed by atoms with E-state index in [0.717, 1.165) is 0 Å². The van der Waals surface area contributed by atoms with Crippen LogP contribution in [0, 0.1) is 6.08 Å². The van der Waals surface area contributed by atoms with Crippen LogP contribution in [0.4, 0.5) is 0 Å². The lowest BCUT2D eigenvalue weighted by Gasteiger charge is -1.83. The number of aliphatic hydroxyl groups is 1. The minimum Gasteiger partial charge on any atom is -0.389 e. The third-order valence-electron chi connectivity index (χ3n) is 0.295. The van der Waals surface area contributed by atoms with Crippen LogP contribution in [0.15, 0.2) is 6.58 Å². The van der Waals surface area contributed by atoms with E-state index in [1.54, 1.807) is 6.92 Å². The minimum atomic E-state index is -0.477. The quantitative estimate of drug-likeness (QED) is 0.473. The normalized spacial score (nSPS) is 14.0. The van der Waals surface area contributed by atoms with Crippen molar-refractivity contribution in [2.24, 2.45) is 0 Å². The van der Waals surface area contributed by atoms with Gasteiger partial charge in [0.1, 0.15) is 0 Å². The first-order chi connectivity index (χ1) is 2.27. The second-order valence-corrected chi connectivity index (χ2v) is 0.880. The van der Waals surface area contributed by atoms with Gasteiger partial charge in [-0.15, -0.1) is 0 Å². The number of hydrogen-bond acceptors (Lipinski definition) is 1. The van der Waals surface area contributed by atoms with Crippen molar-refractivity contribution < 1.29 is 5.11 Å². The standard InChI is InChI=1S/C4H7O/c1-3-4(2)5/h4-5H,1H2,2H3. The molecule has 0 bridgehead atoms. The largest absolute Gasteiger partial charge is 0.389 e. The van der Waals surface area contributed by atoms with Crippen LogP contribution in [-0.2, 0) is 0 Å². The average molecular weight is 71.1 g/mol.